The zero-order valence-electron chi connectivity index (χ0n) is 13.0. The molecule has 0 aliphatic rings. The zero-order valence-corrected chi connectivity index (χ0v) is 13.0. The summed E-state index contributed by atoms with van der Waals surface area (Å²) in [5.41, 5.74) is 5.80. The van der Waals surface area contributed by atoms with Crippen LogP contribution in [0.5, 0.6) is 0 Å². The van der Waals surface area contributed by atoms with Crippen molar-refractivity contribution < 1.29 is 14.3 Å². The maximum atomic E-state index is 12.3. The van der Waals surface area contributed by atoms with Gasteiger partial charge in [0.15, 0.2) is 0 Å². The Labute approximate surface area is 126 Å². The van der Waals surface area contributed by atoms with Gasteiger partial charge in [0.25, 0.3) is 0 Å². The van der Waals surface area contributed by atoms with Crippen LogP contribution in [0.3, 0.4) is 0 Å². The predicted molar refractivity (Wildman–Crippen MR) is 81.4 cm³/mol. The molecule has 0 heterocycles. The number of carbonyl (C=O) groups is 2. The third kappa shape index (κ3) is 7.46. The van der Waals surface area contributed by atoms with Crippen molar-refractivity contribution in [2.24, 2.45) is 5.73 Å². The van der Waals surface area contributed by atoms with Crippen LogP contribution < -0.4 is 5.73 Å². The molecule has 0 atom stereocenters. The number of rotatable bonds is 7. The highest BCUT2D eigenvalue weighted by Gasteiger charge is 2.18. The fraction of sp³-hybridized carbons (Fsp3) is 0.500. The van der Waals surface area contributed by atoms with E-state index in [0.717, 1.165) is 5.56 Å². The van der Waals surface area contributed by atoms with Crippen LogP contribution in [0.2, 0.25) is 0 Å². The third-order valence-electron chi connectivity index (χ3n) is 2.83. The van der Waals surface area contributed by atoms with Gasteiger partial charge in [0.2, 0.25) is 11.8 Å². The Morgan fingerprint density at radius 3 is 2.33 bits per heavy atom. The van der Waals surface area contributed by atoms with Gasteiger partial charge in [0.1, 0.15) is 6.61 Å². The lowest BCUT2D eigenvalue weighted by atomic mass is 10.2. The highest BCUT2D eigenvalue weighted by molar-refractivity contribution is 5.79. The molecule has 21 heavy (non-hydrogen) atoms. The molecule has 5 heteroatoms. The summed E-state index contributed by atoms with van der Waals surface area (Å²) in [5, 5.41) is 0. The molecule has 0 bridgehead atoms. The Kier molecular flexibility index (Phi) is 6.37. The molecular formula is C16H24N2O3. The first kappa shape index (κ1) is 17.2. The predicted octanol–water partition coefficient (Wildman–Crippen LogP) is 1.71. The summed E-state index contributed by atoms with van der Waals surface area (Å²) >= 11 is 0. The Bertz CT molecular complexity index is 466. The summed E-state index contributed by atoms with van der Waals surface area (Å²) < 4.78 is 5.51. The molecule has 5 nitrogen and oxygen atoms in total. The van der Waals surface area contributed by atoms with Gasteiger partial charge in [-0.25, -0.2) is 0 Å². The molecule has 0 aromatic heterocycles. The van der Waals surface area contributed by atoms with Crippen LogP contribution in [0.4, 0.5) is 0 Å². The second kappa shape index (κ2) is 7.78. The van der Waals surface area contributed by atoms with Crippen LogP contribution in [-0.2, 0) is 20.9 Å². The van der Waals surface area contributed by atoms with Crippen molar-refractivity contribution in [2.45, 2.75) is 39.3 Å². The quantitative estimate of drug-likeness (QED) is 0.831. The topological polar surface area (TPSA) is 72.6 Å². The van der Waals surface area contributed by atoms with E-state index in [0.29, 0.717) is 13.1 Å². The lowest BCUT2D eigenvalue weighted by Gasteiger charge is -2.25. The summed E-state index contributed by atoms with van der Waals surface area (Å²) in [7, 11) is 0. The van der Waals surface area contributed by atoms with Gasteiger partial charge in [0.05, 0.1) is 5.60 Å². The molecule has 0 fully saturated rings. The van der Waals surface area contributed by atoms with Crippen molar-refractivity contribution in [1.82, 2.24) is 4.90 Å². The Balaban J connectivity index is 2.67. The van der Waals surface area contributed by atoms with E-state index in [1.807, 2.05) is 51.1 Å². The standard InChI is InChI=1S/C16H24N2O3/c1-16(2,3)21-12-15(20)18(10-9-14(17)19)11-13-7-5-4-6-8-13/h4-8H,9-12H2,1-3H3,(H2,17,19). The van der Waals surface area contributed by atoms with E-state index < -0.39 is 5.91 Å². The smallest absolute Gasteiger partial charge is 0.248 e. The van der Waals surface area contributed by atoms with Crippen LogP contribution >= 0.6 is 0 Å². The monoisotopic (exact) mass is 292 g/mol. The molecule has 2 amide bonds. The van der Waals surface area contributed by atoms with Crippen LogP contribution in [0, 0.1) is 0 Å². The third-order valence-corrected chi connectivity index (χ3v) is 2.83. The molecule has 0 aliphatic heterocycles. The summed E-state index contributed by atoms with van der Waals surface area (Å²) in [6, 6.07) is 9.63. The first-order valence-corrected chi connectivity index (χ1v) is 7.02. The molecule has 1 rings (SSSR count). The van der Waals surface area contributed by atoms with Gasteiger partial charge in [-0.3, -0.25) is 9.59 Å². The van der Waals surface area contributed by atoms with Crippen molar-refractivity contribution in [3.63, 3.8) is 0 Å². The average molecular weight is 292 g/mol. The van der Waals surface area contributed by atoms with Crippen molar-refractivity contribution in [2.75, 3.05) is 13.2 Å². The number of ether oxygens (including phenoxy) is 1. The molecule has 1 aromatic carbocycles. The number of nitrogens with two attached hydrogens (primary N) is 1. The zero-order chi connectivity index (χ0) is 15.9. The van der Waals surface area contributed by atoms with E-state index >= 15 is 0 Å². The van der Waals surface area contributed by atoms with Crippen molar-refractivity contribution in [3.8, 4) is 0 Å². The van der Waals surface area contributed by atoms with Crippen molar-refractivity contribution in [1.29, 1.82) is 0 Å². The maximum absolute atomic E-state index is 12.3. The van der Waals surface area contributed by atoms with E-state index in [-0.39, 0.29) is 24.5 Å². The normalized spacial score (nSPS) is 11.2. The lowest BCUT2D eigenvalue weighted by Crippen LogP contribution is -2.38. The molecule has 0 spiro atoms. The molecular weight excluding hydrogens is 268 g/mol. The molecule has 0 saturated heterocycles. The highest BCUT2D eigenvalue weighted by Crippen LogP contribution is 2.09. The molecule has 1 aromatic rings. The van der Waals surface area contributed by atoms with E-state index in [2.05, 4.69) is 0 Å². The van der Waals surface area contributed by atoms with Gasteiger partial charge in [0, 0.05) is 19.5 Å². The summed E-state index contributed by atoms with van der Waals surface area (Å²) in [4.78, 5) is 24.8. The van der Waals surface area contributed by atoms with Crippen LogP contribution in [0.15, 0.2) is 30.3 Å². The minimum atomic E-state index is -0.419. The largest absolute Gasteiger partial charge is 0.370 e. The number of benzene rings is 1. The molecule has 0 radical (unpaired) electrons. The Hall–Kier alpha value is -1.88. The van der Waals surface area contributed by atoms with Crippen LogP contribution in [-0.4, -0.2) is 35.5 Å². The summed E-state index contributed by atoms with van der Waals surface area (Å²) in [6.45, 7) is 6.42. The summed E-state index contributed by atoms with van der Waals surface area (Å²) in [6.07, 6.45) is 0.147. The Morgan fingerprint density at radius 2 is 1.81 bits per heavy atom. The molecule has 2 N–H and O–H groups in total. The van der Waals surface area contributed by atoms with E-state index in [4.69, 9.17) is 10.5 Å². The van der Waals surface area contributed by atoms with Gasteiger partial charge in [-0.1, -0.05) is 30.3 Å². The van der Waals surface area contributed by atoms with Crippen molar-refractivity contribution in [3.05, 3.63) is 35.9 Å². The van der Waals surface area contributed by atoms with Crippen molar-refractivity contribution >= 4 is 11.8 Å². The van der Waals surface area contributed by atoms with Gasteiger partial charge < -0.3 is 15.4 Å². The number of carbonyl (C=O) groups excluding carboxylic acids is 2. The lowest BCUT2D eigenvalue weighted by molar-refractivity contribution is -0.142. The van der Waals surface area contributed by atoms with E-state index in [1.54, 1.807) is 4.90 Å². The number of nitrogens with zero attached hydrogens (tertiary/aromatic N) is 1. The number of hydrogen-bond donors (Lipinski definition) is 1. The SMILES string of the molecule is CC(C)(C)OCC(=O)N(CCC(N)=O)Cc1ccccc1. The van der Waals surface area contributed by atoms with Gasteiger partial charge in [-0.15, -0.1) is 0 Å². The minimum Gasteiger partial charge on any atom is -0.370 e. The maximum Gasteiger partial charge on any atom is 0.248 e. The molecule has 0 unspecified atom stereocenters. The van der Waals surface area contributed by atoms with Crippen LogP contribution in [0.25, 0.3) is 0 Å². The fourth-order valence-electron chi connectivity index (χ4n) is 1.71. The summed E-state index contributed by atoms with van der Waals surface area (Å²) in [5.74, 6) is -0.562. The fourth-order valence-corrected chi connectivity index (χ4v) is 1.71. The van der Waals surface area contributed by atoms with Crippen LogP contribution in [0.1, 0.15) is 32.8 Å². The van der Waals surface area contributed by atoms with E-state index in [1.165, 1.54) is 0 Å². The molecule has 0 saturated carbocycles. The Morgan fingerprint density at radius 1 is 1.19 bits per heavy atom. The van der Waals surface area contributed by atoms with Gasteiger partial charge in [-0.2, -0.15) is 0 Å². The second-order valence-electron chi connectivity index (χ2n) is 5.92. The number of amides is 2. The number of primary amides is 1. The van der Waals surface area contributed by atoms with Gasteiger partial charge >= 0.3 is 0 Å². The molecule has 116 valence electrons. The second-order valence-corrected chi connectivity index (χ2v) is 5.92. The first-order valence-electron chi connectivity index (χ1n) is 7.02. The average Bonchev–Trinajstić information content (AvgIpc) is 2.41. The minimum absolute atomic E-state index is 0.00487. The first-order chi connectivity index (χ1) is 9.78. The highest BCUT2D eigenvalue weighted by atomic mass is 16.5. The molecule has 0 aliphatic carbocycles. The van der Waals surface area contributed by atoms with Gasteiger partial charge in [-0.05, 0) is 26.3 Å². The van der Waals surface area contributed by atoms with E-state index in [9.17, 15) is 9.59 Å². The number of hydrogen-bond acceptors (Lipinski definition) is 3.